The van der Waals surface area contributed by atoms with Crippen LogP contribution in [-0.4, -0.2) is 99.3 Å². The summed E-state index contributed by atoms with van der Waals surface area (Å²) in [6.45, 7) is 7.03. The molecule has 0 amide bonds. The van der Waals surface area contributed by atoms with Crippen LogP contribution in [0.4, 0.5) is 4.39 Å². The highest BCUT2D eigenvalue weighted by molar-refractivity contribution is 7.89. The molecule has 3 rings (SSSR count). The summed E-state index contributed by atoms with van der Waals surface area (Å²) in [5.41, 5.74) is 8.93. The van der Waals surface area contributed by atoms with Crippen LogP contribution in [0.1, 0.15) is 16.7 Å². The zero-order valence-electron chi connectivity index (χ0n) is 21.3. The van der Waals surface area contributed by atoms with Crippen molar-refractivity contribution in [1.82, 2.24) is 19.1 Å². The third kappa shape index (κ3) is 8.43. The lowest BCUT2D eigenvalue weighted by molar-refractivity contribution is 0.111. The van der Waals surface area contributed by atoms with Gasteiger partial charge in [0, 0.05) is 64.1 Å². The van der Waals surface area contributed by atoms with Crippen LogP contribution >= 0.6 is 0 Å². The summed E-state index contributed by atoms with van der Waals surface area (Å²) >= 11 is 0. The van der Waals surface area contributed by atoms with E-state index in [1.165, 1.54) is 6.20 Å². The van der Waals surface area contributed by atoms with Gasteiger partial charge in [-0.25, -0.2) is 13.4 Å². The Labute approximate surface area is 214 Å². The van der Waals surface area contributed by atoms with Gasteiger partial charge in [0.25, 0.3) is 0 Å². The van der Waals surface area contributed by atoms with E-state index in [2.05, 4.69) is 14.8 Å². The largest absolute Gasteiger partial charge is 0.379 e. The smallest absolute Gasteiger partial charge is 0.217 e. The standard InChI is InChI=1S/C26H38FN5O3S/c1-22-6-3-4-8-25(22)23(9-19-36(33,34)32-14-12-30(2)13-15-32)20-31(16-18-35-17-10-28)21-24-7-5-11-29-26(24)27/h3-9,11H,10,12-21,28H2,1-2H3/b23-9-. The number of aryl methyl sites for hydroxylation is 1. The number of nitrogens with two attached hydrogens (primary N) is 1. The lowest BCUT2D eigenvalue weighted by atomic mass is 10.00. The van der Waals surface area contributed by atoms with E-state index in [-0.39, 0.29) is 5.75 Å². The molecule has 8 nitrogen and oxygen atoms in total. The fraction of sp³-hybridized carbons (Fsp3) is 0.500. The predicted molar refractivity (Wildman–Crippen MR) is 141 cm³/mol. The minimum atomic E-state index is -3.45. The molecule has 0 spiro atoms. The molecule has 1 saturated heterocycles. The van der Waals surface area contributed by atoms with E-state index in [1.54, 1.807) is 16.4 Å². The number of rotatable bonds is 13. The van der Waals surface area contributed by atoms with Crippen molar-refractivity contribution in [2.24, 2.45) is 5.73 Å². The van der Waals surface area contributed by atoms with Crippen LogP contribution in [0.25, 0.3) is 5.57 Å². The molecule has 36 heavy (non-hydrogen) atoms. The monoisotopic (exact) mass is 519 g/mol. The van der Waals surface area contributed by atoms with Gasteiger partial charge in [-0.2, -0.15) is 8.70 Å². The van der Waals surface area contributed by atoms with Gasteiger partial charge in [0.2, 0.25) is 16.0 Å². The number of nitrogens with zero attached hydrogens (tertiary/aromatic N) is 4. The van der Waals surface area contributed by atoms with Gasteiger partial charge in [-0.1, -0.05) is 36.4 Å². The fourth-order valence-corrected chi connectivity index (χ4v) is 5.52. The Balaban J connectivity index is 1.85. The van der Waals surface area contributed by atoms with E-state index in [0.29, 0.717) is 58.0 Å². The molecule has 0 unspecified atom stereocenters. The zero-order valence-corrected chi connectivity index (χ0v) is 22.1. The van der Waals surface area contributed by atoms with Gasteiger partial charge < -0.3 is 15.4 Å². The number of ether oxygens (including phenoxy) is 1. The summed E-state index contributed by atoms with van der Waals surface area (Å²) in [6, 6.07) is 11.3. The average Bonchev–Trinajstić information content (AvgIpc) is 2.86. The second kappa shape index (κ2) is 13.9. The SMILES string of the molecule is Cc1ccccc1/C(=C\CS(=O)(=O)N1CCN(C)CC1)CN(CCOCCN)Cc1cccnc1F. The molecule has 0 atom stereocenters. The maximum Gasteiger partial charge on any atom is 0.217 e. The summed E-state index contributed by atoms with van der Waals surface area (Å²) in [5.74, 6) is -0.594. The minimum absolute atomic E-state index is 0.0842. The van der Waals surface area contributed by atoms with E-state index in [1.807, 2.05) is 44.3 Å². The molecule has 0 bridgehead atoms. The van der Waals surface area contributed by atoms with Crippen LogP contribution < -0.4 is 5.73 Å². The molecule has 1 aliphatic heterocycles. The summed E-state index contributed by atoms with van der Waals surface area (Å²) in [5, 5.41) is 0. The van der Waals surface area contributed by atoms with Gasteiger partial charge in [0.1, 0.15) is 0 Å². The summed E-state index contributed by atoms with van der Waals surface area (Å²) in [4.78, 5) is 7.96. The Kier molecular flexibility index (Phi) is 11.0. The number of likely N-dealkylation sites (N-methyl/N-ethyl adjacent to an activating group) is 1. The Morgan fingerprint density at radius 1 is 1.17 bits per heavy atom. The number of benzene rings is 1. The van der Waals surface area contributed by atoms with Crippen LogP contribution in [0.3, 0.4) is 0 Å². The topological polar surface area (TPSA) is 92.0 Å². The van der Waals surface area contributed by atoms with Crippen molar-refractivity contribution in [2.75, 3.05) is 71.8 Å². The first kappa shape index (κ1) is 28.4. The maximum absolute atomic E-state index is 14.4. The molecule has 2 aromatic rings. The second-order valence-electron chi connectivity index (χ2n) is 9.09. The third-order valence-electron chi connectivity index (χ3n) is 6.33. The summed E-state index contributed by atoms with van der Waals surface area (Å²) in [7, 11) is -1.45. The second-order valence-corrected chi connectivity index (χ2v) is 11.1. The van der Waals surface area contributed by atoms with Crippen LogP contribution in [0.2, 0.25) is 0 Å². The molecule has 2 N–H and O–H groups in total. The number of hydrogen-bond acceptors (Lipinski definition) is 7. The van der Waals surface area contributed by atoms with E-state index < -0.39 is 16.0 Å². The Morgan fingerprint density at radius 2 is 1.92 bits per heavy atom. The van der Waals surface area contributed by atoms with Crippen molar-refractivity contribution in [3.8, 4) is 0 Å². The molecule has 198 valence electrons. The third-order valence-corrected chi connectivity index (χ3v) is 8.07. The van der Waals surface area contributed by atoms with Gasteiger partial charge in [0.05, 0.1) is 19.0 Å². The Hall–Kier alpha value is -2.21. The molecule has 2 heterocycles. The number of piperazine rings is 1. The molecule has 0 saturated carbocycles. The maximum atomic E-state index is 14.4. The molecule has 1 aromatic heterocycles. The van der Waals surface area contributed by atoms with Crippen LogP contribution in [0, 0.1) is 12.9 Å². The first-order chi connectivity index (χ1) is 17.3. The molecule has 1 aliphatic rings. The lowest BCUT2D eigenvalue weighted by Gasteiger charge is -2.31. The van der Waals surface area contributed by atoms with Crippen molar-refractivity contribution in [2.45, 2.75) is 13.5 Å². The van der Waals surface area contributed by atoms with E-state index in [0.717, 1.165) is 29.8 Å². The fourth-order valence-electron chi connectivity index (χ4n) is 4.18. The highest BCUT2D eigenvalue weighted by atomic mass is 32.2. The first-order valence-corrected chi connectivity index (χ1v) is 13.9. The Bertz CT molecular complexity index is 1100. The molecule has 1 fully saturated rings. The van der Waals surface area contributed by atoms with Gasteiger partial charge >= 0.3 is 0 Å². The summed E-state index contributed by atoms with van der Waals surface area (Å²) in [6.07, 6.45) is 3.23. The number of halogens is 1. The molecular formula is C26H38FN5O3S. The van der Waals surface area contributed by atoms with Crippen molar-refractivity contribution in [1.29, 1.82) is 0 Å². The molecule has 10 heteroatoms. The predicted octanol–water partition coefficient (Wildman–Crippen LogP) is 1.97. The minimum Gasteiger partial charge on any atom is -0.379 e. The summed E-state index contributed by atoms with van der Waals surface area (Å²) < 4.78 is 47.8. The normalized spacial score (nSPS) is 16.1. The number of aromatic nitrogens is 1. The Morgan fingerprint density at radius 3 is 2.61 bits per heavy atom. The number of hydrogen-bond donors (Lipinski definition) is 1. The number of sulfonamides is 1. The van der Waals surface area contributed by atoms with Crippen molar-refractivity contribution in [3.63, 3.8) is 0 Å². The van der Waals surface area contributed by atoms with Crippen molar-refractivity contribution < 1.29 is 17.5 Å². The van der Waals surface area contributed by atoms with Crippen molar-refractivity contribution >= 4 is 15.6 Å². The quantitative estimate of drug-likeness (QED) is 0.320. The van der Waals surface area contributed by atoms with Crippen molar-refractivity contribution in [3.05, 3.63) is 71.3 Å². The highest BCUT2D eigenvalue weighted by Gasteiger charge is 2.25. The van der Waals surface area contributed by atoms with Crippen LogP contribution in [-0.2, 0) is 21.3 Å². The van der Waals surface area contributed by atoms with E-state index in [4.69, 9.17) is 10.5 Å². The van der Waals surface area contributed by atoms with E-state index >= 15 is 0 Å². The average molecular weight is 520 g/mol. The molecule has 0 aliphatic carbocycles. The number of pyridine rings is 1. The first-order valence-electron chi connectivity index (χ1n) is 12.3. The molecule has 1 aromatic carbocycles. The van der Waals surface area contributed by atoms with Crippen LogP contribution in [0.15, 0.2) is 48.7 Å². The van der Waals surface area contributed by atoms with Gasteiger partial charge in [0.15, 0.2) is 0 Å². The highest BCUT2D eigenvalue weighted by Crippen LogP contribution is 2.22. The van der Waals surface area contributed by atoms with Gasteiger partial charge in [-0.05, 0) is 36.7 Å². The zero-order chi connectivity index (χ0) is 26.0. The van der Waals surface area contributed by atoms with Gasteiger partial charge in [-0.15, -0.1) is 0 Å². The lowest BCUT2D eigenvalue weighted by Crippen LogP contribution is -2.47. The molecule has 0 radical (unpaired) electrons. The van der Waals surface area contributed by atoms with Gasteiger partial charge in [-0.3, -0.25) is 4.90 Å². The van der Waals surface area contributed by atoms with Crippen LogP contribution in [0.5, 0.6) is 0 Å². The molecular weight excluding hydrogens is 481 g/mol. The van der Waals surface area contributed by atoms with E-state index in [9.17, 15) is 12.8 Å².